The highest BCUT2D eigenvalue weighted by Gasteiger charge is 2.37. The van der Waals surface area contributed by atoms with E-state index < -0.39 is 0 Å². The molecule has 3 atom stereocenters. The third-order valence-electron chi connectivity index (χ3n) is 4.81. The Hall–Kier alpha value is -0.650. The molecule has 2 N–H and O–H groups in total. The van der Waals surface area contributed by atoms with E-state index >= 15 is 0 Å². The molecular formula is C14H26N4O. The molecule has 0 aromatic rings. The minimum atomic E-state index is -0.0219. The fraction of sp³-hybridized carbons (Fsp3) is 0.929. The van der Waals surface area contributed by atoms with E-state index in [4.69, 9.17) is 0 Å². The molecule has 3 aliphatic rings. The summed E-state index contributed by atoms with van der Waals surface area (Å²) in [7, 11) is 0. The second-order valence-corrected chi connectivity index (χ2v) is 6.19. The molecule has 0 saturated carbocycles. The number of piperidine rings is 1. The molecule has 0 aliphatic carbocycles. The predicted octanol–water partition coefficient (Wildman–Crippen LogP) is -0.367. The summed E-state index contributed by atoms with van der Waals surface area (Å²) in [5.41, 5.74) is 0. The SMILES string of the molecule is CC1CN2CCCCC2CN1C(=O)C1CNCCN1. The van der Waals surface area contributed by atoms with Crippen LogP contribution in [0.1, 0.15) is 26.2 Å². The fourth-order valence-corrected chi connectivity index (χ4v) is 3.69. The van der Waals surface area contributed by atoms with E-state index in [1.54, 1.807) is 0 Å². The summed E-state index contributed by atoms with van der Waals surface area (Å²) in [6.07, 6.45) is 3.90. The van der Waals surface area contributed by atoms with Crippen molar-refractivity contribution < 1.29 is 4.79 Å². The van der Waals surface area contributed by atoms with Crippen LogP contribution in [-0.4, -0.2) is 73.1 Å². The average molecular weight is 266 g/mol. The van der Waals surface area contributed by atoms with Crippen LogP contribution in [0.3, 0.4) is 0 Å². The molecule has 0 radical (unpaired) electrons. The average Bonchev–Trinajstić information content (AvgIpc) is 2.47. The molecular weight excluding hydrogens is 240 g/mol. The summed E-state index contributed by atoms with van der Waals surface area (Å²) in [6, 6.07) is 0.933. The van der Waals surface area contributed by atoms with E-state index in [0.717, 1.165) is 32.7 Å². The number of carbonyl (C=O) groups is 1. The van der Waals surface area contributed by atoms with Crippen molar-refractivity contribution >= 4 is 5.91 Å². The van der Waals surface area contributed by atoms with Gasteiger partial charge in [-0.25, -0.2) is 0 Å². The Morgan fingerprint density at radius 3 is 2.89 bits per heavy atom. The molecule has 1 amide bonds. The molecule has 3 heterocycles. The molecule has 3 aliphatic heterocycles. The molecule has 3 fully saturated rings. The quantitative estimate of drug-likeness (QED) is 0.680. The Labute approximate surface area is 115 Å². The lowest BCUT2D eigenvalue weighted by atomic mass is 9.96. The second kappa shape index (κ2) is 5.77. The monoisotopic (exact) mass is 266 g/mol. The van der Waals surface area contributed by atoms with Gasteiger partial charge >= 0.3 is 0 Å². The molecule has 5 nitrogen and oxygen atoms in total. The maximum atomic E-state index is 12.6. The summed E-state index contributed by atoms with van der Waals surface area (Å²) in [5.74, 6) is 0.296. The molecule has 0 spiro atoms. The van der Waals surface area contributed by atoms with Crippen molar-refractivity contribution in [1.29, 1.82) is 0 Å². The number of nitrogens with one attached hydrogen (secondary N) is 2. The van der Waals surface area contributed by atoms with Crippen molar-refractivity contribution in [3.8, 4) is 0 Å². The molecule has 3 unspecified atom stereocenters. The lowest BCUT2D eigenvalue weighted by Crippen LogP contribution is -2.64. The molecule has 0 aromatic carbocycles. The van der Waals surface area contributed by atoms with Gasteiger partial charge in [0, 0.05) is 44.8 Å². The van der Waals surface area contributed by atoms with Crippen LogP contribution in [0.25, 0.3) is 0 Å². The Balaban J connectivity index is 1.64. The molecule has 3 rings (SSSR count). The predicted molar refractivity (Wildman–Crippen MR) is 75.0 cm³/mol. The van der Waals surface area contributed by atoms with Crippen molar-refractivity contribution in [2.75, 3.05) is 39.3 Å². The number of amides is 1. The number of hydrogen-bond acceptors (Lipinski definition) is 4. The van der Waals surface area contributed by atoms with Gasteiger partial charge in [-0.05, 0) is 26.3 Å². The third-order valence-corrected chi connectivity index (χ3v) is 4.81. The number of fused-ring (bicyclic) bond motifs is 1. The van der Waals surface area contributed by atoms with Crippen LogP contribution in [0.4, 0.5) is 0 Å². The maximum absolute atomic E-state index is 12.6. The lowest BCUT2D eigenvalue weighted by Gasteiger charge is -2.48. The highest BCUT2D eigenvalue weighted by atomic mass is 16.2. The van der Waals surface area contributed by atoms with E-state index in [1.165, 1.54) is 25.8 Å². The van der Waals surface area contributed by atoms with Gasteiger partial charge in [-0.3, -0.25) is 9.69 Å². The molecule has 5 heteroatoms. The molecule has 0 aromatic heterocycles. The van der Waals surface area contributed by atoms with Gasteiger partial charge in [0.1, 0.15) is 0 Å². The molecule has 0 bridgehead atoms. The summed E-state index contributed by atoms with van der Waals surface area (Å²) in [6.45, 7) is 8.04. The van der Waals surface area contributed by atoms with Crippen LogP contribution in [0.15, 0.2) is 0 Å². The first-order valence-electron chi connectivity index (χ1n) is 7.74. The Morgan fingerprint density at radius 1 is 1.21 bits per heavy atom. The maximum Gasteiger partial charge on any atom is 0.241 e. The van der Waals surface area contributed by atoms with Gasteiger partial charge in [0.05, 0.1) is 6.04 Å². The topological polar surface area (TPSA) is 47.6 Å². The lowest BCUT2D eigenvalue weighted by molar-refractivity contribution is -0.140. The first kappa shape index (κ1) is 13.3. The van der Waals surface area contributed by atoms with Crippen molar-refractivity contribution in [2.45, 2.75) is 44.3 Å². The van der Waals surface area contributed by atoms with Gasteiger partial charge in [0.25, 0.3) is 0 Å². The molecule has 19 heavy (non-hydrogen) atoms. The number of rotatable bonds is 1. The van der Waals surface area contributed by atoms with Gasteiger partial charge in [0.15, 0.2) is 0 Å². The van der Waals surface area contributed by atoms with Gasteiger partial charge in [0.2, 0.25) is 5.91 Å². The number of piperazine rings is 2. The zero-order valence-electron chi connectivity index (χ0n) is 11.9. The van der Waals surface area contributed by atoms with E-state index in [-0.39, 0.29) is 6.04 Å². The first-order chi connectivity index (χ1) is 9.25. The van der Waals surface area contributed by atoms with Gasteiger partial charge < -0.3 is 15.5 Å². The number of carbonyl (C=O) groups excluding carboxylic acids is 1. The van der Waals surface area contributed by atoms with Crippen LogP contribution in [0.5, 0.6) is 0 Å². The normalized spacial score (nSPS) is 36.9. The highest BCUT2D eigenvalue weighted by Crippen LogP contribution is 2.24. The fourth-order valence-electron chi connectivity index (χ4n) is 3.69. The Bertz CT molecular complexity index is 329. The van der Waals surface area contributed by atoms with Gasteiger partial charge in [-0.15, -0.1) is 0 Å². The van der Waals surface area contributed by atoms with Crippen LogP contribution in [0, 0.1) is 0 Å². The third kappa shape index (κ3) is 2.78. The summed E-state index contributed by atoms with van der Waals surface area (Å²) < 4.78 is 0. The van der Waals surface area contributed by atoms with Crippen LogP contribution in [-0.2, 0) is 4.79 Å². The smallest absolute Gasteiger partial charge is 0.241 e. The van der Waals surface area contributed by atoms with E-state index in [0.29, 0.717) is 18.0 Å². The minimum absolute atomic E-state index is 0.0219. The van der Waals surface area contributed by atoms with Crippen molar-refractivity contribution in [1.82, 2.24) is 20.4 Å². The first-order valence-corrected chi connectivity index (χ1v) is 7.74. The van der Waals surface area contributed by atoms with Crippen molar-refractivity contribution in [2.24, 2.45) is 0 Å². The van der Waals surface area contributed by atoms with Crippen LogP contribution >= 0.6 is 0 Å². The second-order valence-electron chi connectivity index (χ2n) is 6.19. The Kier molecular flexibility index (Phi) is 4.05. The summed E-state index contributed by atoms with van der Waals surface area (Å²) >= 11 is 0. The van der Waals surface area contributed by atoms with Crippen molar-refractivity contribution in [3.63, 3.8) is 0 Å². The number of nitrogens with zero attached hydrogens (tertiary/aromatic N) is 2. The van der Waals surface area contributed by atoms with E-state index in [1.807, 2.05) is 0 Å². The largest absolute Gasteiger partial charge is 0.336 e. The zero-order valence-corrected chi connectivity index (χ0v) is 11.9. The highest BCUT2D eigenvalue weighted by molar-refractivity contribution is 5.82. The summed E-state index contributed by atoms with van der Waals surface area (Å²) in [4.78, 5) is 17.4. The zero-order chi connectivity index (χ0) is 13.2. The van der Waals surface area contributed by atoms with Gasteiger partial charge in [-0.2, -0.15) is 0 Å². The van der Waals surface area contributed by atoms with E-state index in [9.17, 15) is 4.79 Å². The van der Waals surface area contributed by atoms with E-state index in [2.05, 4.69) is 27.4 Å². The summed E-state index contributed by atoms with van der Waals surface area (Å²) in [5, 5.41) is 6.65. The van der Waals surface area contributed by atoms with Crippen molar-refractivity contribution in [3.05, 3.63) is 0 Å². The standard InChI is InChI=1S/C14H26N4O/c1-11-9-17-7-3-2-4-12(17)10-18(11)14(19)13-8-15-5-6-16-13/h11-13,15-16H,2-10H2,1H3. The molecule has 108 valence electrons. The minimum Gasteiger partial charge on any atom is -0.336 e. The van der Waals surface area contributed by atoms with Crippen LogP contribution < -0.4 is 10.6 Å². The number of hydrogen-bond donors (Lipinski definition) is 2. The Morgan fingerprint density at radius 2 is 2.11 bits per heavy atom. The molecule has 3 saturated heterocycles. The van der Waals surface area contributed by atoms with Crippen LogP contribution in [0.2, 0.25) is 0 Å². The van der Waals surface area contributed by atoms with Gasteiger partial charge in [-0.1, -0.05) is 6.42 Å².